The number of carbonyl (C=O) groups is 1. The number of hydrogen-bond donors (Lipinski definition) is 3. The predicted octanol–water partition coefficient (Wildman–Crippen LogP) is 0.292. The number of quaternary nitrogens is 2. The fraction of sp³-hybridized carbons (Fsp3) is 0.350. The van der Waals surface area contributed by atoms with Gasteiger partial charge in [0, 0.05) is 11.0 Å². The number of Topliss-reactive ketones (excluding diaryl/α,β-unsaturated/α-hetero) is 1. The molecule has 2 aliphatic rings. The fourth-order valence-corrected chi connectivity index (χ4v) is 4.42. The molecule has 0 saturated carbocycles. The van der Waals surface area contributed by atoms with Gasteiger partial charge in [-0.15, -0.1) is 11.3 Å². The molecular weight excluding hydrogens is 348 g/mol. The highest BCUT2D eigenvalue weighted by Crippen LogP contribution is 2.39. The van der Waals surface area contributed by atoms with Gasteiger partial charge in [0.25, 0.3) is 0 Å². The molecule has 2 aliphatic heterocycles. The van der Waals surface area contributed by atoms with Crippen LogP contribution in [0, 0.1) is 6.92 Å². The van der Waals surface area contributed by atoms with Crippen molar-refractivity contribution < 1.29 is 24.4 Å². The fourth-order valence-electron chi connectivity index (χ4n) is 3.58. The third-order valence-corrected chi connectivity index (χ3v) is 6.28. The summed E-state index contributed by atoms with van der Waals surface area (Å²) in [6, 6.07) is 5.32. The summed E-state index contributed by atoms with van der Waals surface area (Å²) in [4.78, 5) is 16.7. The van der Waals surface area contributed by atoms with E-state index in [4.69, 9.17) is 4.74 Å². The molecule has 1 fully saturated rings. The molecule has 0 aliphatic carbocycles. The van der Waals surface area contributed by atoms with Gasteiger partial charge in [0.1, 0.15) is 38.5 Å². The number of fused-ring (bicyclic) bond motifs is 1. The molecule has 4 rings (SSSR count). The van der Waals surface area contributed by atoms with Gasteiger partial charge in [0.05, 0.1) is 18.2 Å². The second kappa shape index (κ2) is 6.87. The maximum absolute atomic E-state index is 12.8. The van der Waals surface area contributed by atoms with E-state index in [-0.39, 0.29) is 11.5 Å². The maximum atomic E-state index is 12.8. The number of aromatic hydroxyl groups is 1. The van der Waals surface area contributed by atoms with Crippen LogP contribution in [0.3, 0.4) is 0 Å². The molecule has 5 nitrogen and oxygen atoms in total. The number of aryl methyl sites for hydroxylation is 1. The van der Waals surface area contributed by atoms with E-state index in [0.717, 1.165) is 42.2 Å². The predicted molar refractivity (Wildman–Crippen MR) is 101 cm³/mol. The van der Waals surface area contributed by atoms with Crippen LogP contribution in [0.15, 0.2) is 29.3 Å². The molecule has 3 N–H and O–H groups in total. The summed E-state index contributed by atoms with van der Waals surface area (Å²) >= 11 is 1.59. The first-order valence-electron chi connectivity index (χ1n) is 9.01. The highest BCUT2D eigenvalue weighted by Gasteiger charge is 2.33. The van der Waals surface area contributed by atoms with Gasteiger partial charge >= 0.3 is 0 Å². The van der Waals surface area contributed by atoms with Crippen molar-refractivity contribution in [2.75, 3.05) is 33.2 Å². The first-order chi connectivity index (χ1) is 12.5. The molecule has 0 atom stereocenters. The van der Waals surface area contributed by atoms with Gasteiger partial charge in [-0.05, 0) is 36.1 Å². The number of nitrogens with one attached hydrogen (secondary N) is 2. The van der Waals surface area contributed by atoms with E-state index in [1.807, 2.05) is 24.4 Å². The Balaban J connectivity index is 1.63. The molecule has 1 aromatic carbocycles. The molecule has 1 saturated heterocycles. The average molecular weight is 372 g/mol. The second-order valence-corrected chi connectivity index (χ2v) is 8.18. The molecule has 0 radical (unpaired) electrons. The molecule has 3 heterocycles. The zero-order chi connectivity index (χ0) is 18.3. The number of ketones is 1. The Morgan fingerprint density at radius 2 is 2.00 bits per heavy atom. The van der Waals surface area contributed by atoms with Crippen LogP contribution in [-0.2, 0) is 6.54 Å². The Kier molecular flexibility index (Phi) is 4.56. The largest absolute Gasteiger partial charge is 0.507 e. The lowest BCUT2D eigenvalue weighted by molar-refractivity contribution is -1.01. The van der Waals surface area contributed by atoms with E-state index in [0.29, 0.717) is 23.6 Å². The summed E-state index contributed by atoms with van der Waals surface area (Å²) in [6.07, 6.45) is 1.81. The molecule has 0 unspecified atom stereocenters. The minimum Gasteiger partial charge on any atom is -0.507 e. The van der Waals surface area contributed by atoms with Crippen molar-refractivity contribution in [1.82, 2.24) is 0 Å². The quantitative estimate of drug-likeness (QED) is 0.679. The van der Waals surface area contributed by atoms with Crippen LogP contribution >= 0.6 is 11.3 Å². The molecule has 0 amide bonds. The van der Waals surface area contributed by atoms with E-state index in [2.05, 4.69) is 7.05 Å². The van der Waals surface area contributed by atoms with Gasteiger partial charge < -0.3 is 19.6 Å². The van der Waals surface area contributed by atoms with Crippen LogP contribution in [0.2, 0.25) is 0 Å². The molecular formula is C20H24N2O3S+2. The van der Waals surface area contributed by atoms with Crippen LogP contribution < -0.4 is 14.5 Å². The van der Waals surface area contributed by atoms with E-state index < -0.39 is 0 Å². The number of rotatable bonds is 3. The first kappa shape index (κ1) is 17.3. The normalized spacial score (nSPS) is 23.9. The maximum Gasteiger partial charge on any atom is 0.232 e. The number of piperazine rings is 1. The second-order valence-electron chi connectivity index (χ2n) is 7.23. The van der Waals surface area contributed by atoms with Crippen molar-refractivity contribution in [3.8, 4) is 11.5 Å². The van der Waals surface area contributed by atoms with Gasteiger partial charge in [-0.2, -0.15) is 0 Å². The Hall–Kier alpha value is -2.15. The van der Waals surface area contributed by atoms with Gasteiger partial charge in [-0.1, -0.05) is 0 Å². The van der Waals surface area contributed by atoms with Gasteiger partial charge in [0.15, 0.2) is 11.5 Å². The van der Waals surface area contributed by atoms with Crippen LogP contribution in [-0.4, -0.2) is 44.1 Å². The molecule has 136 valence electrons. The van der Waals surface area contributed by atoms with Crippen molar-refractivity contribution in [3.05, 3.63) is 50.9 Å². The minimum atomic E-state index is -0.105. The smallest absolute Gasteiger partial charge is 0.232 e. The summed E-state index contributed by atoms with van der Waals surface area (Å²) in [6.45, 7) is 7.05. The topological polar surface area (TPSA) is 55.4 Å². The summed E-state index contributed by atoms with van der Waals surface area (Å²) in [5, 5.41) is 12.4. The monoisotopic (exact) mass is 372 g/mol. The van der Waals surface area contributed by atoms with Crippen molar-refractivity contribution in [2.45, 2.75) is 13.5 Å². The van der Waals surface area contributed by atoms with Gasteiger partial charge in [0.2, 0.25) is 5.78 Å². The van der Waals surface area contributed by atoms with Crippen molar-refractivity contribution in [1.29, 1.82) is 0 Å². The van der Waals surface area contributed by atoms with E-state index in [1.54, 1.807) is 28.4 Å². The number of likely N-dealkylation sites (N-methyl/N-ethyl adjacent to an activating group) is 1. The third kappa shape index (κ3) is 3.16. The zero-order valence-electron chi connectivity index (χ0n) is 15.1. The Morgan fingerprint density at radius 1 is 1.23 bits per heavy atom. The molecule has 0 bridgehead atoms. The number of hydrogen-bond acceptors (Lipinski definition) is 4. The van der Waals surface area contributed by atoms with Crippen molar-refractivity contribution in [3.63, 3.8) is 0 Å². The Labute approximate surface area is 157 Å². The highest BCUT2D eigenvalue weighted by molar-refractivity contribution is 7.11. The number of allylic oxidation sites excluding steroid dienone is 1. The molecule has 6 heteroatoms. The number of benzene rings is 1. The molecule has 1 aromatic heterocycles. The zero-order valence-corrected chi connectivity index (χ0v) is 15.9. The van der Waals surface area contributed by atoms with Gasteiger partial charge in [-0.3, -0.25) is 4.79 Å². The van der Waals surface area contributed by atoms with Crippen LogP contribution in [0.1, 0.15) is 26.4 Å². The minimum absolute atomic E-state index is 0.105. The summed E-state index contributed by atoms with van der Waals surface area (Å²) < 4.78 is 5.96. The van der Waals surface area contributed by atoms with Crippen molar-refractivity contribution in [2.24, 2.45) is 0 Å². The lowest BCUT2D eigenvalue weighted by atomic mass is 10.0. The molecule has 26 heavy (non-hydrogen) atoms. The lowest BCUT2D eigenvalue weighted by Gasteiger charge is -2.27. The summed E-state index contributed by atoms with van der Waals surface area (Å²) in [7, 11) is 2.21. The molecule has 0 spiro atoms. The number of phenolic OH excluding ortho intramolecular Hbond substituents is 1. The number of thiophene rings is 1. The van der Waals surface area contributed by atoms with Crippen LogP contribution in [0.4, 0.5) is 0 Å². The van der Waals surface area contributed by atoms with E-state index in [1.165, 1.54) is 4.90 Å². The standard InChI is InChI=1S/C20H22N2O3S/c1-13-5-10-26-18(13)11-17-19(24)14-3-4-16(23)15(20(14)25-17)12-22-8-6-21(2)7-9-22/h3-5,10-11,23H,6-9,12H2,1-2H3/p+2/b17-11+. The first-order valence-corrected chi connectivity index (χ1v) is 9.89. The number of carbonyl (C=O) groups excluding carboxylic acids is 1. The van der Waals surface area contributed by atoms with Gasteiger partial charge in [-0.25, -0.2) is 0 Å². The number of ether oxygens (including phenoxy) is 1. The lowest BCUT2D eigenvalue weighted by Crippen LogP contribution is -3.26. The number of phenols is 1. The third-order valence-electron chi connectivity index (χ3n) is 5.32. The van der Waals surface area contributed by atoms with E-state index >= 15 is 0 Å². The Morgan fingerprint density at radius 3 is 2.69 bits per heavy atom. The molecule has 2 aromatic rings. The SMILES string of the molecule is Cc1ccsc1/C=C1/Oc2c(ccc(O)c2C[NH+]2CC[NH+](C)CC2)C1=O. The Bertz CT molecular complexity index is 879. The highest BCUT2D eigenvalue weighted by atomic mass is 32.1. The summed E-state index contributed by atoms with van der Waals surface area (Å²) in [5.41, 5.74) is 2.43. The van der Waals surface area contributed by atoms with Crippen LogP contribution in [0.25, 0.3) is 6.08 Å². The summed E-state index contributed by atoms with van der Waals surface area (Å²) in [5.74, 6) is 0.986. The van der Waals surface area contributed by atoms with E-state index in [9.17, 15) is 9.90 Å². The van der Waals surface area contributed by atoms with Crippen molar-refractivity contribution >= 4 is 23.2 Å². The van der Waals surface area contributed by atoms with Crippen LogP contribution in [0.5, 0.6) is 11.5 Å². The average Bonchev–Trinajstić information content (AvgIpc) is 3.17.